The maximum absolute atomic E-state index is 12.7. The number of hydrogen-bond donors (Lipinski definition) is 0. The standard InChI is InChI=1S/C18H19N4O/c1-5-18(6-2)11(3)14-13-15(20-10-19-14)17(23)21(4)12-8-7-9-22(18)16(12)13/h7-10H,3,5-6H2,1-2,4H3/q+1. The average Bonchev–Trinajstić information content (AvgIpc) is 2.60. The molecule has 4 rings (SSSR count). The summed E-state index contributed by atoms with van der Waals surface area (Å²) < 4.78 is 3.94. The summed E-state index contributed by atoms with van der Waals surface area (Å²) in [5.74, 6) is 0. The van der Waals surface area contributed by atoms with Crippen LogP contribution in [0.2, 0.25) is 0 Å². The molecule has 0 fully saturated rings. The second-order valence-electron chi connectivity index (χ2n) is 6.14. The van der Waals surface area contributed by atoms with E-state index >= 15 is 0 Å². The SMILES string of the molecule is C=C1c2ncnc3c(=O)n(C)c4ccc[n+](c4c23)C1(CC)CC. The molecule has 5 nitrogen and oxygen atoms in total. The van der Waals surface area contributed by atoms with Crippen molar-refractivity contribution in [1.29, 1.82) is 0 Å². The third-order valence-corrected chi connectivity index (χ3v) is 5.40. The van der Waals surface area contributed by atoms with E-state index in [0.29, 0.717) is 5.52 Å². The van der Waals surface area contributed by atoms with E-state index < -0.39 is 0 Å². The van der Waals surface area contributed by atoms with Gasteiger partial charge in [0, 0.05) is 31.5 Å². The first kappa shape index (κ1) is 14.1. The van der Waals surface area contributed by atoms with Crippen LogP contribution in [0.25, 0.3) is 27.5 Å². The van der Waals surface area contributed by atoms with Crippen molar-refractivity contribution in [3.63, 3.8) is 0 Å². The van der Waals surface area contributed by atoms with Crippen LogP contribution in [0.4, 0.5) is 0 Å². The highest BCUT2D eigenvalue weighted by molar-refractivity contribution is 6.06. The van der Waals surface area contributed by atoms with Crippen LogP contribution in [0.3, 0.4) is 0 Å². The molecule has 1 aliphatic rings. The summed E-state index contributed by atoms with van der Waals surface area (Å²) in [5.41, 5.74) is 3.86. The third kappa shape index (κ3) is 1.47. The van der Waals surface area contributed by atoms with Gasteiger partial charge in [-0.05, 0) is 6.07 Å². The fourth-order valence-corrected chi connectivity index (χ4v) is 4.03. The van der Waals surface area contributed by atoms with Crippen LogP contribution in [-0.2, 0) is 12.6 Å². The summed E-state index contributed by atoms with van der Waals surface area (Å²) in [6.07, 6.45) is 5.39. The van der Waals surface area contributed by atoms with Crippen LogP contribution in [0, 0.1) is 0 Å². The smallest absolute Gasteiger partial charge is 0.277 e. The van der Waals surface area contributed by atoms with Crippen LogP contribution in [0.1, 0.15) is 32.4 Å². The zero-order chi connectivity index (χ0) is 16.4. The summed E-state index contributed by atoms with van der Waals surface area (Å²) >= 11 is 0. The zero-order valence-corrected chi connectivity index (χ0v) is 13.6. The van der Waals surface area contributed by atoms with Crippen molar-refractivity contribution in [2.75, 3.05) is 0 Å². The van der Waals surface area contributed by atoms with Crippen LogP contribution < -0.4 is 10.1 Å². The molecule has 0 saturated heterocycles. The topological polar surface area (TPSA) is 51.7 Å². The molecule has 0 spiro atoms. The monoisotopic (exact) mass is 307 g/mol. The number of pyridine rings is 2. The predicted molar refractivity (Wildman–Crippen MR) is 90.1 cm³/mol. The Hall–Kier alpha value is -2.56. The van der Waals surface area contributed by atoms with E-state index in [4.69, 9.17) is 0 Å². The molecule has 0 aliphatic carbocycles. The lowest BCUT2D eigenvalue weighted by molar-refractivity contribution is -0.727. The lowest BCUT2D eigenvalue weighted by Crippen LogP contribution is -2.58. The van der Waals surface area contributed by atoms with Gasteiger partial charge in [-0.3, -0.25) is 4.79 Å². The maximum Gasteiger partial charge on any atom is 0.277 e. The van der Waals surface area contributed by atoms with Crippen molar-refractivity contribution < 1.29 is 4.57 Å². The van der Waals surface area contributed by atoms with Crippen LogP contribution in [-0.4, -0.2) is 14.5 Å². The molecule has 5 heteroatoms. The Morgan fingerprint density at radius 1 is 1.30 bits per heavy atom. The van der Waals surface area contributed by atoms with Gasteiger partial charge in [0.15, 0.2) is 11.7 Å². The summed E-state index contributed by atoms with van der Waals surface area (Å²) in [6, 6.07) is 3.98. The van der Waals surface area contributed by atoms with Gasteiger partial charge in [0.05, 0.1) is 5.69 Å². The molecule has 3 aromatic heterocycles. The average molecular weight is 307 g/mol. The van der Waals surface area contributed by atoms with E-state index in [1.165, 1.54) is 6.33 Å². The van der Waals surface area contributed by atoms with Gasteiger partial charge in [-0.1, -0.05) is 20.4 Å². The molecule has 116 valence electrons. The first-order valence-electron chi connectivity index (χ1n) is 7.95. The zero-order valence-electron chi connectivity index (χ0n) is 13.6. The largest absolute Gasteiger partial charge is 0.304 e. The molecule has 0 unspecified atom stereocenters. The van der Waals surface area contributed by atoms with Crippen LogP contribution >= 0.6 is 0 Å². The molecule has 3 aromatic rings. The molecular formula is C18H19N4O+. The Morgan fingerprint density at radius 3 is 2.74 bits per heavy atom. The maximum atomic E-state index is 12.7. The highest BCUT2D eigenvalue weighted by Gasteiger charge is 2.47. The third-order valence-electron chi connectivity index (χ3n) is 5.40. The minimum atomic E-state index is -0.217. The minimum Gasteiger partial charge on any atom is -0.304 e. The molecular weight excluding hydrogens is 288 g/mol. The lowest BCUT2D eigenvalue weighted by Gasteiger charge is -2.32. The van der Waals surface area contributed by atoms with Gasteiger partial charge in [0.25, 0.3) is 5.56 Å². The molecule has 0 N–H and O–H groups in total. The molecule has 0 aromatic carbocycles. The highest BCUT2D eigenvalue weighted by Crippen LogP contribution is 2.41. The van der Waals surface area contributed by atoms with Crippen molar-refractivity contribution in [3.8, 4) is 0 Å². The highest BCUT2D eigenvalue weighted by atomic mass is 16.1. The van der Waals surface area contributed by atoms with Crippen molar-refractivity contribution in [1.82, 2.24) is 14.5 Å². The van der Waals surface area contributed by atoms with Gasteiger partial charge in [0.1, 0.15) is 22.7 Å². The Balaban J connectivity index is 2.41. The van der Waals surface area contributed by atoms with Gasteiger partial charge in [0.2, 0.25) is 5.52 Å². The van der Waals surface area contributed by atoms with E-state index in [2.05, 4.69) is 41.2 Å². The molecule has 1 aliphatic heterocycles. The Morgan fingerprint density at radius 2 is 2.04 bits per heavy atom. The van der Waals surface area contributed by atoms with E-state index in [1.807, 2.05) is 12.1 Å². The summed E-state index contributed by atoms with van der Waals surface area (Å²) in [5, 5.41) is 0.828. The number of aromatic nitrogens is 4. The normalized spacial score (nSPS) is 15.7. The van der Waals surface area contributed by atoms with Crippen LogP contribution in [0.15, 0.2) is 36.0 Å². The fourth-order valence-electron chi connectivity index (χ4n) is 4.03. The predicted octanol–water partition coefficient (Wildman–Crippen LogP) is 2.31. The quantitative estimate of drug-likeness (QED) is 0.539. The summed E-state index contributed by atoms with van der Waals surface area (Å²) in [6.45, 7) is 8.70. The fraction of sp³-hybridized carbons (Fsp3) is 0.333. The number of nitrogens with zero attached hydrogens (tertiary/aromatic N) is 4. The first-order chi connectivity index (χ1) is 11.1. The van der Waals surface area contributed by atoms with E-state index in [0.717, 1.165) is 40.5 Å². The molecule has 0 radical (unpaired) electrons. The van der Waals surface area contributed by atoms with Crippen molar-refractivity contribution in [2.24, 2.45) is 7.05 Å². The number of aryl methyl sites for hydroxylation is 1. The molecule has 23 heavy (non-hydrogen) atoms. The molecule has 0 amide bonds. The summed E-state index contributed by atoms with van der Waals surface area (Å²) in [4.78, 5) is 21.4. The Kier molecular flexibility index (Phi) is 2.73. The van der Waals surface area contributed by atoms with Crippen molar-refractivity contribution in [3.05, 3.63) is 47.3 Å². The number of rotatable bonds is 2. The molecule has 0 atom stereocenters. The van der Waals surface area contributed by atoms with E-state index in [-0.39, 0.29) is 11.1 Å². The van der Waals surface area contributed by atoms with Gasteiger partial charge < -0.3 is 4.57 Å². The van der Waals surface area contributed by atoms with Crippen molar-refractivity contribution in [2.45, 2.75) is 32.2 Å². The Bertz CT molecular complexity index is 1040. The number of allylic oxidation sites excluding steroid dienone is 1. The molecule has 0 bridgehead atoms. The van der Waals surface area contributed by atoms with Gasteiger partial charge >= 0.3 is 0 Å². The lowest BCUT2D eigenvalue weighted by atomic mass is 9.79. The summed E-state index contributed by atoms with van der Waals surface area (Å²) in [7, 11) is 1.80. The van der Waals surface area contributed by atoms with Gasteiger partial charge in [-0.2, -0.15) is 4.57 Å². The van der Waals surface area contributed by atoms with E-state index in [9.17, 15) is 4.79 Å². The second-order valence-corrected chi connectivity index (χ2v) is 6.14. The van der Waals surface area contributed by atoms with Gasteiger partial charge in [-0.25, -0.2) is 9.97 Å². The minimum absolute atomic E-state index is 0.0952. The van der Waals surface area contributed by atoms with Crippen molar-refractivity contribution >= 4 is 27.5 Å². The van der Waals surface area contributed by atoms with E-state index in [1.54, 1.807) is 11.6 Å². The second kappa shape index (κ2) is 4.47. The molecule has 0 saturated carbocycles. The number of hydrogen-bond acceptors (Lipinski definition) is 3. The first-order valence-corrected chi connectivity index (χ1v) is 7.95. The van der Waals surface area contributed by atoms with Crippen LogP contribution in [0.5, 0.6) is 0 Å². The Labute approximate surface area is 133 Å². The van der Waals surface area contributed by atoms with Gasteiger partial charge in [-0.15, -0.1) is 0 Å². The molecule has 4 heterocycles.